The smallest absolute Gasteiger partial charge is 0.333 e. The van der Waals surface area contributed by atoms with Gasteiger partial charge in [0.05, 0.1) is 6.54 Å². The molecular formula is C47H93NO3Si. The van der Waals surface area contributed by atoms with E-state index in [9.17, 15) is 0 Å². The molecule has 0 radical (unpaired) electrons. The van der Waals surface area contributed by atoms with Gasteiger partial charge in [-0.1, -0.05) is 193 Å². The molecule has 0 aromatic carbocycles. The van der Waals surface area contributed by atoms with Gasteiger partial charge in [-0.2, -0.15) is 0 Å². The highest BCUT2D eigenvalue weighted by Crippen LogP contribution is 2.45. The molecular weight excluding hydrogens is 655 g/mol. The maximum atomic E-state index is 6.65. The van der Waals surface area contributed by atoms with Crippen molar-refractivity contribution in [2.24, 2.45) is 11.8 Å². The molecule has 1 aliphatic rings. The minimum atomic E-state index is -2.24. The van der Waals surface area contributed by atoms with Crippen molar-refractivity contribution in [3.8, 4) is 12.3 Å². The summed E-state index contributed by atoms with van der Waals surface area (Å²) in [6.07, 6.45) is 50.3. The molecule has 5 heteroatoms. The van der Waals surface area contributed by atoms with Crippen molar-refractivity contribution in [3.63, 3.8) is 0 Å². The molecule has 0 aromatic heterocycles. The topological polar surface area (TPSA) is 30.9 Å². The number of ether oxygens (including phenoxy) is 1. The van der Waals surface area contributed by atoms with Gasteiger partial charge in [0.25, 0.3) is 0 Å². The lowest BCUT2D eigenvalue weighted by Gasteiger charge is -2.29. The molecule has 0 saturated heterocycles. The third-order valence-corrected chi connectivity index (χ3v) is 13.2. The van der Waals surface area contributed by atoms with Gasteiger partial charge >= 0.3 is 8.56 Å². The second-order valence-corrected chi connectivity index (χ2v) is 20.6. The summed E-state index contributed by atoms with van der Waals surface area (Å²) in [5.74, 6) is 4.86. The van der Waals surface area contributed by atoms with Crippen molar-refractivity contribution in [3.05, 3.63) is 0 Å². The quantitative estimate of drug-likeness (QED) is 0.0269. The average Bonchev–Trinajstić information content (AvgIpc) is 3.88. The SMILES string of the molecule is C#CCN(C)CCCCCCO[Si](C)(C)OC(CCCCCCCC1CC1CCCCCCCC)OCCCCCCCCCCCCCCCC. The van der Waals surface area contributed by atoms with E-state index in [0.717, 1.165) is 57.4 Å². The van der Waals surface area contributed by atoms with E-state index in [1.54, 1.807) is 0 Å². The fraction of sp³-hybridized carbons (Fsp3) is 0.957. The Morgan fingerprint density at radius 3 is 1.50 bits per heavy atom. The van der Waals surface area contributed by atoms with Gasteiger partial charge in [-0.15, -0.1) is 6.42 Å². The van der Waals surface area contributed by atoms with E-state index in [4.69, 9.17) is 20.0 Å². The molecule has 3 atom stereocenters. The van der Waals surface area contributed by atoms with Crippen LogP contribution in [0.25, 0.3) is 0 Å². The molecule has 0 aromatic rings. The van der Waals surface area contributed by atoms with E-state index in [1.807, 2.05) is 0 Å². The van der Waals surface area contributed by atoms with Crippen molar-refractivity contribution < 1.29 is 13.6 Å². The zero-order chi connectivity index (χ0) is 37.8. The van der Waals surface area contributed by atoms with Crippen LogP contribution in [0.4, 0.5) is 0 Å². The molecule has 1 saturated carbocycles. The lowest BCUT2D eigenvalue weighted by atomic mass is 10.0. The van der Waals surface area contributed by atoms with Gasteiger partial charge in [-0.25, -0.2) is 0 Å². The molecule has 0 bridgehead atoms. The van der Waals surface area contributed by atoms with Gasteiger partial charge in [-0.3, -0.25) is 4.90 Å². The third-order valence-electron chi connectivity index (χ3n) is 11.5. The normalized spacial score (nSPS) is 16.5. The predicted molar refractivity (Wildman–Crippen MR) is 231 cm³/mol. The summed E-state index contributed by atoms with van der Waals surface area (Å²) in [7, 11) is -0.135. The maximum Gasteiger partial charge on any atom is 0.333 e. The van der Waals surface area contributed by atoms with Crippen molar-refractivity contribution in [1.82, 2.24) is 4.90 Å². The van der Waals surface area contributed by atoms with Crippen LogP contribution in [0, 0.1) is 24.2 Å². The molecule has 52 heavy (non-hydrogen) atoms. The first-order valence-electron chi connectivity index (χ1n) is 23.5. The highest BCUT2D eigenvalue weighted by Gasteiger charge is 2.35. The van der Waals surface area contributed by atoms with Crippen molar-refractivity contribution in [1.29, 1.82) is 0 Å². The number of hydrogen-bond acceptors (Lipinski definition) is 4. The predicted octanol–water partition coefficient (Wildman–Crippen LogP) is 14.8. The van der Waals surface area contributed by atoms with Crippen LogP contribution < -0.4 is 0 Å². The molecule has 3 unspecified atom stereocenters. The lowest BCUT2D eigenvalue weighted by Crippen LogP contribution is -2.40. The van der Waals surface area contributed by atoms with E-state index in [0.29, 0.717) is 0 Å². The Bertz CT molecular complexity index is 785. The highest BCUT2D eigenvalue weighted by molar-refractivity contribution is 6.64. The Kier molecular flexibility index (Phi) is 34.6. The highest BCUT2D eigenvalue weighted by atomic mass is 28.4. The number of rotatable bonds is 42. The summed E-state index contributed by atoms with van der Waals surface area (Å²) in [6.45, 7) is 12.5. The number of unbranched alkanes of at least 4 members (excludes halogenated alkanes) is 25. The minimum Gasteiger partial charge on any atom is -0.394 e. The molecule has 0 spiro atoms. The van der Waals surface area contributed by atoms with E-state index in [2.05, 4.69) is 44.8 Å². The van der Waals surface area contributed by atoms with Crippen LogP contribution in [0.3, 0.4) is 0 Å². The van der Waals surface area contributed by atoms with Crippen LogP contribution in [0.2, 0.25) is 13.1 Å². The van der Waals surface area contributed by atoms with Crippen molar-refractivity contribution in [2.45, 2.75) is 245 Å². The Labute approximate surface area is 328 Å². The molecule has 308 valence electrons. The molecule has 0 aliphatic heterocycles. The van der Waals surface area contributed by atoms with Gasteiger partial charge in [0.2, 0.25) is 0 Å². The lowest BCUT2D eigenvalue weighted by molar-refractivity contribution is -0.104. The maximum absolute atomic E-state index is 6.65. The Balaban J connectivity index is 2.23. The van der Waals surface area contributed by atoms with Gasteiger partial charge in [0.1, 0.15) is 6.29 Å². The van der Waals surface area contributed by atoms with E-state index >= 15 is 0 Å². The van der Waals surface area contributed by atoms with E-state index in [-0.39, 0.29) is 6.29 Å². The van der Waals surface area contributed by atoms with Gasteiger partial charge in [-0.05, 0) is 77.0 Å². The van der Waals surface area contributed by atoms with Gasteiger partial charge in [0, 0.05) is 13.2 Å². The molecule has 1 aliphatic carbocycles. The van der Waals surface area contributed by atoms with Crippen LogP contribution in [0.1, 0.15) is 226 Å². The van der Waals surface area contributed by atoms with Crippen LogP contribution in [0.5, 0.6) is 0 Å². The summed E-state index contributed by atoms with van der Waals surface area (Å²) in [5.41, 5.74) is 0. The van der Waals surface area contributed by atoms with E-state index < -0.39 is 8.56 Å². The fourth-order valence-corrected chi connectivity index (χ4v) is 9.40. The summed E-state index contributed by atoms with van der Waals surface area (Å²) in [4.78, 5) is 2.22. The number of terminal acetylenes is 1. The van der Waals surface area contributed by atoms with Crippen molar-refractivity contribution >= 4 is 8.56 Å². The van der Waals surface area contributed by atoms with Crippen LogP contribution in [-0.2, 0) is 13.6 Å². The first-order chi connectivity index (χ1) is 25.4. The molecule has 0 N–H and O–H groups in total. The summed E-state index contributed by atoms with van der Waals surface area (Å²) >= 11 is 0. The molecule has 0 amide bonds. The Hall–Kier alpha value is -0.383. The van der Waals surface area contributed by atoms with Crippen LogP contribution >= 0.6 is 0 Å². The molecule has 4 nitrogen and oxygen atoms in total. The minimum absolute atomic E-state index is 0.107. The number of hydrogen-bond donors (Lipinski definition) is 0. The van der Waals surface area contributed by atoms with Crippen LogP contribution in [0.15, 0.2) is 0 Å². The molecule has 1 rings (SSSR count). The zero-order valence-electron chi connectivity index (χ0n) is 36.1. The average molecular weight is 748 g/mol. The Morgan fingerprint density at radius 2 is 1.00 bits per heavy atom. The van der Waals surface area contributed by atoms with Gasteiger partial charge < -0.3 is 13.6 Å². The summed E-state index contributed by atoms with van der Waals surface area (Å²) < 4.78 is 19.5. The Morgan fingerprint density at radius 1 is 0.577 bits per heavy atom. The summed E-state index contributed by atoms with van der Waals surface area (Å²) in [5, 5.41) is 0. The first kappa shape index (κ1) is 49.6. The first-order valence-corrected chi connectivity index (χ1v) is 26.3. The second-order valence-electron chi connectivity index (χ2n) is 17.3. The fourth-order valence-electron chi connectivity index (χ4n) is 7.88. The number of nitrogens with zero attached hydrogens (tertiary/aromatic N) is 1. The zero-order valence-corrected chi connectivity index (χ0v) is 37.1. The van der Waals surface area contributed by atoms with Gasteiger partial charge in [0.15, 0.2) is 0 Å². The van der Waals surface area contributed by atoms with E-state index in [1.165, 1.54) is 193 Å². The summed E-state index contributed by atoms with van der Waals surface area (Å²) in [6, 6.07) is 0. The largest absolute Gasteiger partial charge is 0.394 e. The monoisotopic (exact) mass is 748 g/mol. The third kappa shape index (κ3) is 33.0. The van der Waals surface area contributed by atoms with Crippen molar-refractivity contribution in [2.75, 3.05) is 33.4 Å². The van der Waals surface area contributed by atoms with Crippen LogP contribution in [-0.4, -0.2) is 53.1 Å². The standard InChI is InChI=1S/C47H93NO3Si/c1-7-10-12-14-16-17-18-19-20-21-22-23-29-35-42-49-47(51-52(5,6)50-43-36-30-28-34-41-48(4)40-9-3)39-33-27-24-26-32-38-46-44-45(46)37-31-25-15-13-11-8-2/h3,45-47H,7-8,10-44H2,1-2,4-6H3. The second kappa shape index (κ2) is 36.3. The molecule has 1 fully saturated rings. The molecule has 0 heterocycles.